The molecule has 0 bridgehead atoms. The lowest BCUT2D eigenvalue weighted by atomic mass is 10.1. The Morgan fingerprint density at radius 3 is 2.65 bits per heavy atom. The summed E-state index contributed by atoms with van der Waals surface area (Å²) in [4.78, 5) is 10.7. The number of halogens is 3. The molecule has 0 amide bonds. The quantitative estimate of drug-likeness (QED) is 0.931. The predicted octanol–water partition coefficient (Wildman–Crippen LogP) is 3.90. The van der Waals surface area contributed by atoms with Crippen LogP contribution < -0.4 is 4.74 Å². The Balaban J connectivity index is 2.15. The lowest BCUT2D eigenvalue weighted by Gasteiger charge is -2.09. The summed E-state index contributed by atoms with van der Waals surface area (Å²) in [5.74, 6) is -2.78. The number of carboxylic acid groups (broad SMARTS) is 1. The molecule has 0 unspecified atom stereocenters. The van der Waals surface area contributed by atoms with E-state index < -0.39 is 17.6 Å². The first-order valence-corrected chi connectivity index (χ1v) is 5.95. The summed E-state index contributed by atoms with van der Waals surface area (Å²) in [5, 5.41) is 8.62. The van der Waals surface area contributed by atoms with Crippen LogP contribution in [0.1, 0.15) is 15.9 Å². The fourth-order valence-electron chi connectivity index (χ4n) is 1.55. The maximum atomic E-state index is 13.6. The molecule has 0 fully saturated rings. The molecule has 0 spiro atoms. The van der Waals surface area contributed by atoms with Crippen LogP contribution in [-0.2, 0) is 6.61 Å². The molecule has 0 atom stereocenters. The van der Waals surface area contributed by atoms with E-state index in [1.807, 2.05) is 0 Å². The second kappa shape index (κ2) is 5.88. The molecule has 0 aliphatic heterocycles. The molecule has 0 aliphatic rings. The molecule has 0 aliphatic carbocycles. The van der Waals surface area contributed by atoms with Gasteiger partial charge in [0.05, 0.1) is 10.6 Å². The predicted molar refractivity (Wildman–Crippen MR) is 69.1 cm³/mol. The average molecular weight is 299 g/mol. The zero-order valence-corrected chi connectivity index (χ0v) is 10.8. The average Bonchev–Trinajstić information content (AvgIpc) is 2.41. The van der Waals surface area contributed by atoms with Crippen molar-refractivity contribution in [2.24, 2.45) is 0 Å². The van der Waals surface area contributed by atoms with E-state index in [-0.39, 0.29) is 28.5 Å². The highest BCUT2D eigenvalue weighted by Gasteiger charge is 2.11. The molecule has 2 rings (SSSR count). The number of hydrogen-bond acceptors (Lipinski definition) is 2. The zero-order valence-electron chi connectivity index (χ0n) is 10.1. The Morgan fingerprint density at radius 2 is 2.00 bits per heavy atom. The number of rotatable bonds is 4. The van der Waals surface area contributed by atoms with Gasteiger partial charge >= 0.3 is 5.97 Å². The second-order valence-electron chi connectivity index (χ2n) is 3.95. The van der Waals surface area contributed by atoms with Gasteiger partial charge in [0.15, 0.2) is 11.6 Å². The maximum absolute atomic E-state index is 13.6. The van der Waals surface area contributed by atoms with Gasteiger partial charge in [-0.3, -0.25) is 0 Å². The highest BCUT2D eigenvalue weighted by Crippen LogP contribution is 2.25. The first kappa shape index (κ1) is 14.3. The van der Waals surface area contributed by atoms with Crippen molar-refractivity contribution in [3.8, 4) is 5.75 Å². The number of carboxylic acids is 1. The Labute approximate surface area is 118 Å². The Hall–Kier alpha value is -2.14. The summed E-state index contributed by atoms with van der Waals surface area (Å²) >= 11 is 5.59. The summed E-state index contributed by atoms with van der Waals surface area (Å²) < 4.78 is 32.3. The molecule has 6 heteroatoms. The van der Waals surface area contributed by atoms with Crippen LogP contribution in [0, 0.1) is 11.6 Å². The van der Waals surface area contributed by atoms with Crippen molar-refractivity contribution in [1.29, 1.82) is 0 Å². The number of benzene rings is 2. The van der Waals surface area contributed by atoms with Gasteiger partial charge in [-0.2, -0.15) is 0 Å². The molecular formula is C14H9ClF2O3. The molecule has 0 saturated heterocycles. The molecule has 0 saturated carbocycles. The maximum Gasteiger partial charge on any atom is 0.335 e. The van der Waals surface area contributed by atoms with Crippen LogP contribution in [0.25, 0.3) is 0 Å². The first-order valence-electron chi connectivity index (χ1n) is 5.57. The fourth-order valence-corrected chi connectivity index (χ4v) is 1.71. The molecular weight excluding hydrogens is 290 g/mol. The SMILES string of the molecule is O=C(O)c1ccc(COc2cccc(Cl)c2F)c(F)c1. The van der Waals surface area contributed by atoms with Gasteiger partial charge in [0.2, 0.25) is 0 Å². The van der Waals surface area contributed by atoms with Gasteiger partial charge in [-0.25, -0.2) is 13.6 Å². The first-order chi connectivity index (χ1) is 9.49. The molecule has 2 aromatic rings. The third kappa shape index (κ3) is 3.05. The summed E-state index contributed by atoms with van der Waals surface area (Å²) in [6, 6.07) is 7.65. The molecule has 104 valence electrons. The number of carbonyl (C=O) groups is 1. The van der Waals surface area contributed by atoms with E-state index in [1.165, 1.54) is 30.3 Å². The third-order valence-corrected chi connectivity index (χ3v) is 2.89. The van der Waals surface area contributed by atoms with Crippen LogP contribution >= 0.6 is 11.6 Å². The molecule has 1 N–H and O–H groups in total. The number of aromatic carboxylic acids is 1. The van der Waals surface area contributed by atoms with Crippen molar-refractivity contribution in [1.82, 2.24) is 0 Å². The molecule has 0 radical (unpaired) electrons. The third-order valence-electron chi connectivity index (χ3n) is 2.60. The van der Waals surface area contributed by atoms with Crippen LogP contribution in [0.3, 0.4) is 0 Å². The topological polar surface area (TPSA) is 46.5 Å². The lowest BCUT2D eigenvalue weighted by Crippen LogP contribution is -2.03. The van der Waals surface area contributed by atoms with Crippen LogP contribution in [0.2, 0.25) is 5.02 Å². The Morgan fingerprint density at radius 1 is 1.25 bits per heavy atom. The normalized spacial score (nSPS) is 10.3. The zero-order chi connectivity index (χ0) is 14.7. The minimum Gasteiger partial charge on any atom is -0.486 e. The van der Waals surface area contributed by atoms with Crippen LogP contribution in [0.15, 0.2) is 36.4 Å². The minimum atomic E-state index is -1.22. The lowest BCUT2D eigenvalue weighted by molar-refractivity contribution is 0.0696. The van der Waals surface area contributed by atoms with Crippen molar-refractivity contribution < 1.29 is 23.4 Å². The monoisotopic (exact) mass is 298 g/mol. The standard InChI is InChI=1S/C14H9ClF2O3/c15-10-2-1-3-12(13(10)17)20-7-9-5-4-8(14(18)19)6-11(9)16/h1-6H,7H2,(H,18,19). The van der Waals surface area contributed by atoms with E-state index in [9.17, 15) is 13.6 Å². The summed E-state index contributed by atoms with van der Waals surface area (Å²) in [5.41, 5.74) is -0.0467. The van der Waals surface area contributed by atoms with Gasteiger partial charge in [0.1, 0.15) is 12.4 Å². The van der Waals surface area contributed by atoms with E-state index in [1.54, 1.807) is 0 Å². The van der Waals surface area contributed by atoms with E-state index in [0.717, 1.165) is 6.07 Å². The smallest absolute Gasteiger partial charge is 0.335 e. The van der Waals surface area contributed by atoms with Gasteiger partial charge in [0.25, 0.3) is 0 Å². The number of hydrogen-bond donors (Lipinski definition) is 1. The molecule has 3 nitrogen and oxygen atoms in total. The van der Waals surface area contributed by atoms with Crippen molar-refractivity contribution in [3.63, 3.8) is 0 Å². The number of ether oxygens (including phenoxy) is 1. The van der Waals surface area contributed by atoms with Crippen molar-refractivity contribution >= 4 is 17.6 Å². The minimum absolute atomic E-state index is 0.0933. The van der Waals surface area contributed by atoms with Gasteiger partial charge in [-0.05, 0) is 24.3 Å². The largest absolute Gasteiger partial charge is 0.486 e. The van der Waals surface area contributed by atoms with Crippen molar-refractivity contribution in [3.05, 3.63) is 64.2 Å². The Kier molecular flexibility index (Phi) is 4.20. The van der Waals surface area contributed by atoms with E-state index in [4.69, 9.17) is 21.4 Å². The molecule has 20 heavy (non-hydrogen) atoms. The van der Waals surface area contributed by atoms with Gasteiger partial charge in [0, 0.05) is 5.56 Å². The molecule has 0 aromatic heterocycles. The van der Waals surface area contributed by atoms with Crippen molar-refractivity contribution in [2.45, 2.75) is 6.61 Å². The molecule has 2 aromatic carbocycles. The highest BCUT2D eigenvalue weighted by molar-refractivity contribution is 6.30. The van der Waals surface area contributed by atoms with Gasteiger partial charge < -0.3 is 9.84 Å². The van der Waals surface area contributed by atoms with Crippen LogP contribution in [0.5, 0.6) is 5.75 Å². The Bertz CT molecular complexity index is 659. The fraction of sp³-hybridized carbons (Fsp3) is 0.0714. The highest BCUT2D eigenvalue weighted by atomic mass is 35.5. The summed E-state index contributed by atoms with van der Waals surface area (Å²) in [7, 11) is 0. The molecule has 0 heterocycles. The van der Waals surface area contributed by atoms with E-state index >= 15 is 0 Å². The second-order valence-corrected chi connectivity index (χ2v) is 4.36. The van der Waals surface area contributed by atoms with E-state index in [2.05, 4.69) is 0 Å². The summed E-state index contributed by atoms with van der Waals surface area (Å²) in [6.07, 6.45) is 0. The van der Waals surface area contributed by atoms with Crippen molar-refractivity contribution in [2.75, 3.05) is 0 Å². The van der Waals surface area contributed by atoms with E-state index in [0.29, 0.717) is 0 Å². The van der Waals surface area contributed by atoms with Crippen LogP contribution in [0.4, 0.5) is 8.78 Å². The van der Waals surface area contributed by atoms with Gasteiger partial charge in [-0.1, -0.05) is 23.7 Å². The van der Waals surface area contributed by atoms with Crippen LogP contribution in [-0.4, -0.2) is 11.1 Å². The summed E-state index contributed by atoms with van der Waals surface area (Å²) in [6.45, 7) is -0.233. The van der Waals surface area contributed by atoms with Gasteiger partial charge in [-0.15, -0.1) is 0 Å².